The third-order valence-electron chi connectivity index (χ3n) is 5.72. The molecule has 2 aromatic carbocycles. The molecule has 0 bridgehead atoms. The number of hydrogen-bond acceptors (Lipinski definition) is 5. The van der Waals surface area contributed by atoms with Crippen LogP contribution in [-0.4, -0.2) is 24.4 Å². The van der Waals surface area contributed by atoms with Crippen LogP contribution in [0.1, 0.15) is 34.9 Å². The van der Waals surface area contributed by atoms with Crippen LogP contribution in [0, 0.1) is 12.8 Å². The molecule has 1 aliphatic heterocycles. The first-order valence-corrected chi connectivity index (χ1v) is 11.8. The number of nitrogens with one attached hydrogen (secondary N) is 1. The quantitative estimate of drug-likeness (QED) is 0.528. The molecule has 0 spiro atoms. The lowest BCUT2D eigenvalue weighted by molar-refractivity contribution is -0.154. The standard InChI is InChI=1S/C26H26N2O4S/c1-18-9-11-20(12-10-18)28-24(30)14-13-21(25(28)22-8-5-15-33-22)26(31)32-17-23(29)27-16-19-6-3-2-4-7-19/h2-12,15,21,25H,13-14,16-17H2,1H3,(H,27,29). The van der Waals surface area contributed by atoms with E-state index in [1.165, 1.54) is 11.3 Å². The number of benzene rings is 2. The van der Waals surface area contributed by atoms with Crippen LogP contribution in [0.5, 0.6) is 0 Å². The SMILES string of the molecule is Cc1ccc(N2C(=O)CCC(C(=O)OCC(=O)NCc3ccccc3)C2c2cccs2)cc1. The molecule has 0 saturated carbocycles. The molecule has 4 rings (SSSR count). The van der Waals surface area contributed by atoms with Gasteiger partial charge in [-0.2, -0.15) is 0 Å². The van der Waals surface area contributed by atoms with Gasteiger partial charge in [0.25, 0.3) is 5.91 Å². The van der Waals surface area contributed by atoms with Crippen molar-refractivity contribution < 1.29 is 19.1 Å². The topological polar surface area (TPSA) is 75.7 Å². The van der Waals surface area contributed by atoms with Crippen molar-refractivity contribution >= 4 is 34.8 Å². The molecule has 1 N–H and O–H groups in total. The fourth-order valence-electron chi connectivity index (χ4n) is 4.03. The summed E-state index contributed by atoms with van der Waals surface area (Å²) in [5.41, 5.74) is 2.81. The molecule has 2 unspecified atom stereocenters. The minimum Gasteiger partial charge on any atom is -0.455 e. The largest absolute Gasteiger partial charge is 0.455 e. The smallest absolute Gasteiger partial charge is 0.311 e. The number of ether oxygens (including phenoxy) is 1. The molecule has 6 nitrogen and oxygen atoms in total. The number of esters is 1. The van der Waals surface area contributed by atoms with E-state index in [1.807, 2.05) is 79.0 Å². The fourth-order valence-corrected chi connectivity index (χ4v) is 4.91. The van der Waals surface area contributed by atoms with E-state index in [4.69, 9.17) is 4.74 Å². The molecular formula is C26H26N2O4S. The van der Waals surface area contributed by atoms with Crippen molar-refractivity contribution in [1.29, 1.82) is 0 Å². The third-order valence-corrected chi connectivity index (χ3v) is 6.67. The van der Waals surface area contributed by atoms with Gasteiger partial charge >= 0.3 is 5.97 Å². The lowest BCUT2D eigenvalue weighted by Crippen LogP contribution is -2.46. The van der Waals surface area contributed by atoms with Crippen molar-refractivity contribution in [1.82, 2.24) is 5.32 Å². The summed E-state index contributed by atoms with van der Waals surface area (Å²) in [5.74, 6) is -1.40. The zero-order chi connectivity index (χ0) is 23.2. The minimum absolute atomic E-state index is 0.0260. The van der Waals surface area contributed by atoms with Gasteiger partial charge in [0.15, 0.2) is 6.61 Å². The van der Waals surface area contributed by atoms with Gasteiger partial charge in [-0.15, -0.1) is 11.3 Å². The second-order valence-electron chi connectivity index (χ2n) is 8.07. The average Bonchev–Trinajstić information content (AvgIpc) is 3.37. The van der Waals surface area contributed by atoms with Crippen molar-refractivity contribution in [2.45, 2.75) is 32.4 Å². The Balaban J connectivity index is 1.46. The first kappa shape index (κ1) is 22.7. The average molecular weight is 463 g/mol. The van der Waals surface area contributed by atoms with Gasteiger partial charge < -0.3 is 15.0 Å². The highest BCUT2D eigenvalue weighted by Crippen LogP contribution is 2.42. The van der Waals surface area contributed by atoms with E-state index < -0.39 is 17.9 Å². The monoisotopic (exact) mass is 462 g/mol. The number of carbonyl (C=O) groups excluding carboxylic acids is 3. The van der Waals surface area contributed by atoms with Crippen LogP contribution in [-0.2, 0) is 25.7 Å². The van der Waals surface area contributed by atoms with Crippen LogP contribution < -0.4 is 10.2 Å². The van der Waals surface area contributed by atoms with Crippen LogP contribution in [0.3, 0.4) is 0 Å². The molecule has 7 heteroatoms. The number of hydrogen-bond donors (Lipinski definition) is 1. The summed E-state index contributed by atoms with van der Waals surface area (Å²) >= 11 is 1.50. The Labute approximate surface area is 197 Å². The van der Waals surface area contributed by atoms with E-state index in [1.54, 1.807) is 4.90 Å². The summed E-state index contributed by atoms with van der Waals surface area (Å²) in [7, 11) is 0. The van der Waals surface area contributed by atoms with E-state index in [0.717, 1.165) is 21.7 Å². The molecule has 3 aromatic rings. The zero-order valence-electron chi connectivity index (χ0n) is 18.4. The Kier molecular flexibility index (Phi) is 7.19. The second-order valence-corrected chi connectivity index (χ2v) is 9.05. The van der Waals surface area contributed by atoms with E-state index in [-0.39, 0.29) is 24.8 Å². The van der Waals surface area contributed by atoms with Gasteiger partial charge in [0.2, 0.25) is 5.91 Å². The number of carbonyl (C=O) groups is 3. The molecule has 2 heterocycles. The maximum Gasteiger partial charge on any atom is 0.311 e. The minimum atomic E-state index is -0.551. The van der Waals surface area contributed by atoms with Gasteiger partial charge in [-0.1, -0.05) is 54.1 Å². The van der Waals surface area contributed by atoms with Gasteiger partial charge in [0.05, 0.1) is 12.0 Å². The van der Waals surface area contributed by atoms with Crippen LogP contribution in [0.2, 0.25) is 0 Å². The predicted octanol–water partition coefficient (Wildman–Crippen LogP) is 4.40. The number of thiophene rings is 1. The fraction of sp³-hybridized carbons (Fsp3) is 0.269. The third kappa shape index (κ3) is 5.49. The second kappa shape index (κ2) is 10.4. The van der Waals surface area contributed by atoms with Gasteiger partial charge in [-0.25, -0.2) is 0 Å². The molecule has 0 aliphatic carbocycles. The van der Waals surface area contributed by atoms with E-state index in [2.05, 4.69) is 5.32 Å². The first-order valence-electron chi connectivity index (χ1n) is 10.9. The van der Waals surface area contributed by atoms with Crippen LogP contribution in [0.25, 0.3) is 0 Å². The Hall–Kier alpha value is -3.45. The maximum absolute atomic E-state index is 13.1. The summed E-state index contributed by atoms with van der Waals surface area (Å²) in [5, 5.41) is 4.70. The van der Waals surface area contributed by atoms with Crippen LogP contribution in [0.15, 0.2) is 72.1 Å². The summed E-state index contributed by atoms with van der Waals surface area (Å²) < 4.78 is 5.41. The lowest BCUT2D eigenvalue weighted by atomic mass is 9.87. The predicted molar refractivity (Wildman–Crippen MR) is 128 cm³/mol. The summed E-state index contributed by atoms with van der Waals surface area (Å²) in [6, 6.07) is 20.6. The highest BCUT2D eigenvalue weighted by atomic mass is 32.1. The van der Waals surface area contributed by atoms with Crippen molar-refractivity contribution in [3.8, 4) is 0 Å². The summed E-state index contributed by atoms with van der Waals surface area (Å²) in [6.07, 6.45) is 0.629. The molecule has 1 aliphatic rings. The normalized spacial score (nSPS) is 18.1. The highest BCUT2D eigenvalue weighted by Gasteiger charge is 2.43. The van der Waals surface area contributed by atoms with Crippen molar-refractivity contribution in [2.24, 2.45) is 5.92 Å². The Morgan fingerprint density at radius 1 is 1.06 bits per heavy atom. The van der Waals surface area contributed by atoms with Crippen molar-refractivity contribution in [3.05, 3.63) is 88.1 Å². The van der Waals surface area contributed by atoms with Crippen molar-refractivity contribution in [3.63, 3.8) is 0 Å². The van der Waals surface area contributed by atoms with Gasteiger partial charge in [0, 0.05) is 23.5 Å². The first-order chi connectivity index (χ1) is 16.0. The highest BCUT2D eigenvalue weighted by molar-refractivity contribution is 7.10. The molecule has 170 valence electrons. The molecule has 1 saturated heterocycles. The number of anilines is 1. The molecule has 33 heavy (non-hydrogen) atoms. The molecular weight excluding hydrogens is 436 g/mol. The summed E-state index contributed by atoms with van der Waals surface area (Å²) in [4.78, 5) is 40.9. The lowest BCUT2D eigenvalue weighted by Gasteiger charge is -2.39. The summed E-state index contributed by atoms with van der Waals surface area (Å²) in [6.45, 7) is 2.01. The van der Waals surface area contributed by atoms with Gasteiger partial charge in [-0.05, 0) is 42.5 Å². The van der Waals surface area contributed by atoms with E-state index >= 15 is 0 Å². The Bertz CT molecular complexity index is 1100. The molecule has 0 radical (unpaired) electrons. The van der Waals surface area contributed by atoms with Crippen LogP contribution >= 0.6 is 11.3 Å². The molecule has 2 atom stereocenters. The Morgan fingerprint density at radius 2 is 1.82 bits per heavy atom. The maximum atomic E-state index is 13.1. The molecule has 2 amide bonds. The number of rotatable bonds is 7. The number of amides is 2. The Morgan fingerprint density at radius 3 is 2.52 bits per heavy atom. The van der Waals surface area contributed by atoms with E-state index in [9.17, 15) is 14.4 Å². The number of nitrogens with zero attached hydrogens (tertiary/aromatic N) is 1. The van der Waals surface area contributed by atoms with E-state index in [0.29, 0.717) is 13.0 Å². The van der Waals surface area contributed by atoms with Gasteiger partial charge in [0.1, 0.15) is 0 Å². The van der Waals surface area contributed by atoms with Crippen molar-refractivity contribution in [2.75, 3.05) is 11.5 Å². The molecule has 1 aromatic heterocycles. The number of piperidine rings is 1. The number of aryl methyl sites for hydroxylation is 1. The van der Waals surface area contributed by atoms with Crippen LogP contribution in [0.4, 0.5) is 5.69 Å². The van der Waals surface area contributed by atoms with Gasteiger partial charge in [-0.3, -0.25) is 14.4 Å². The zero-order valence-corrected chi connectivity index (χ0v) is 19.2. The molecule has 1 fully saturated rings.